The Morgan fingerprint density at radius 2 is 1.75 bits per heavy atom. The van der Waals surface area contributed by atoms with E-state index in [0.717, 1.165) is 43.4 Å². The number of aliphatic imine (C=N–C) groups is 1. The van der Waals surface area contributed by atoms with Crippen LogP contribution >= 0.6 is 0 Å². The highest BCUT2D eigenvalue weighted by atomic mass is 16.1. The molecule has 0 amide bonds. The summed E-state index contributed by atoms with van der Waals surface area (Å²) in [4.78, 5) is 14.2. The number of hydrogen-bond donors (Lipinski definition) is 1. The first-order valence-corrected chi connectivity index (χ1v) is 8.68. The van der Waals surface area contributed by atoms with Crippen molar-refractivity contribution in [2.45, 2.75) is 38.5 Å². The highest BCUT2D eigenvalue weighted by Gasteiger charge is 2.02. The predicted octanol–water partition coefficient (Wildman–Crippen LogP) is 4.97. The second kappa shape index (κ2) is 10.4. The average Bonchev–Trinajstić information content (AvgIpc) is 2.62. The number of aldehydes is 1. The zero-order chi connectivity index (χ0) is 17.0. The third kappa shape index (κ3) is 5.65. The van der Waals surface area contributed by atoms with Gasteiger partial charge in [-0.2, -0.15) is 0 Å². The summed E-state index contributed by atoms with van der Waals surface area (Å²) in [6.07, 6.45) is 9.11. The molecule has 3 nitrogen and oxygen atoms in total. The van der Waals surface area contributed by atoms with Crippen molar-refractivity contribution >= 4 is 29.5 Å². The molecule has 0 radical (unpaired) electrons. The minimum atomic E-state index is 0.693. The maximum atomic E-state index is 10.3. The molecule has 3 heteroatoms. The monoisotopic (exact) mass is 322 g/mol. The highest BCUT2D eigenvalue weighted by molar-refractivity contribution is 5.86. The van der Waals surface area contributed by atoms with Crippen LogP contribution in [0.1, 0.15) is 44.1 Å². The molecule has 24 heavy (non-hydrogen) atoms. The third-order valence-corrected chi connectivity index (χ3v) is 4.10. The molecule has 0 aromatic heterocycles. The van der Waals surface area contributed by atoms with Crippen molar-refractivity contribution in [2.24, 2.45) is 4.99 Å². The van der Waals surface area contributed by atoms with Crippen molar-refractivity contribution in [2.75, 3.05) is 6.54 Å². The Kier molecular flexibility index (Phi) is 7.75. The van der Waals surface area contributed by atoms with Crippen LogP contribution in [0.2, 0.25) is 0 Å². The fraction of sp³-hybridized carbons (Fsp3) is 0.333. The Hall–Kier alpha value is -2.42. The van der Waals surface area contributed by atoms with E-state index in [0.29, 0.717) is 6.42 Å². The molecule has 0 atom stereocenters. The molecule has 0 heterocycles. The topological polar surface area (TPSA) is 41.5 Å². The maximum absolute atomic E-state index is 10.3. The number of carbonyl (C=O) groups is 1. The summed E-state index contributed by atoms with van der Waals surface area (Å²) in [7, 11) is 0. The molecule has 0 aliphatic rings. The lowest BCUT2D eigenvalue weighted by molar-refractivity contribution is -0.107. The van der Waals surface area contributed by atoms with Crippen molar-refractivity contribution in [3.05, 3.63) is 54.2 Å². The molecule has 0 saturated carbocycles. The van der Waals surface area contributed by atoms with Gasteiger partial charge in [-0.1, -0.05) is 55.7 Å². The summed E-state index contributed by atoms with van der Waals surface area (Å²) < 4.78 is 0. The van der Waals surface area contributed by atoms with Gasteiger partial charge in [-0.25, -0.2) is 0 Å². The molecule has 0 spiro atoms. The molecule has 0 fully saturated rings. The van der Waals surface area contributed by atoms with Gasteiger partial charge in [0.15, 0.2) is 0 Å². The Morgan fingerprint density at radius 1 is 1.00 bits per heavy atom. The van der Waals surface area contributed by atoms with Crippen molar-refractivity contribution < 1.29 is 4.79 Å². The molecule has 1 N–H and O–H groups in total. The number of nitrogens with zero attached hydrogens (tertiary/aromatic N) is 1. The molecular formula is C21H26N2O. The number of rotatable bonds is 11. The van der Waals surface area contributed by atoms with E-state index in [1.54, 1.807) is 6.20 Å². The summed E-state index contributed by atoms with van der Waals surface area (Å²) in [6.45, 7) is 4.50. The largest absolute Gasteiger partial charge is 0.383 e. The molecule has 0 aliphatic heterocycles. The van der Waals surface area contributed by atoms with Gasteiger partial charge < -0.3 is 10.1 Å². The van der Waals surface area contributed by atoms with Crippen LogP contribution in [0.15, 0.2) is 53.7 Å². The van der Waals surface area contributed by atoms with Gasteiger partial charge in [0, 0.05) is 19.2 Å². The normalized spacial score (nSPS) is 11.4. The summed E-state index contributed by atoms with van der Waals surface area (Å²) in [5.74, 6) is 0. The highest BCUT2D eigenvalue weighted by Crippen LogP contribution is 2.20. The van der Waals surface area contributed by atoms with Crippen molar-refractivity contribution in [3.8, 4) is 0 Å². The standard InChI is InChI=1S/C21H26N2O/c1-22-17-21(23-14-8-4-2-3-5-9-15-24)20-13-12-18-10-6-7-11-19(18)16-20/h6-7,10-13,15-17,23H,1-5,8-9,14H2/b21-17-. The zero-order valence-corrected chi connectivity index (χ0v) is 14.2. The Labute approximate surface area is 144 Å². The van der Waals surface area contributed by atoms with Gasteiger partial charge in [0.05, 0.1) is 5.70 Å². The first-order valence-electron chi connectivity index (χ1n) is 8.68. The Balaban J connectivity index is 1.86. The van der Waals surface area contributed by atoms with Crippen LogP contribution in [0.25, 0.3) is 16.5 Å². The van der Waals surface area contributed by atoms with Crippen LogP contribution in [0.4, 0.5) is 0 Å². The lowest BCUT2D eigenvalue weighted by Crippen LogP contribution is -2.13. The molecule has 0 bridgehead atoms. The molecule has 0 unspecified atom stereocenters. The van der Waals surface area contributed by atoms with Crippen LogP contribution in [0.3, 0.4) is 0 Å². The molecule has 2 rings (SSSR count). The van der Waals surface area contributed by atoms with E-state index in [1.165, 1.54) is 23.6 Å². The van der Waals surface area contributed by atoms with Gasteiger partial charge in [0.1, 0.15) is 6.29 Å². The van der Waals surface area contributed by atoms with E-state index in [-0.39, 0.29) is 0 Å². The Morgan fingerprint density at radius 3 is 2.54 bits per heavy atom. The van der Waals surface area contributed by atoms with E-state index >= 15 is 0 Å². The molecular weight excluding hydrogens is 296 g/mol. The molecule has 126 valence electrons. The summed E-state index contributed by atoms with van der Waals surface area (Å²) in [5.41, 5.74) is 2.14. The van der Waals surface area contributed by atoms with Crippen LogP contribution < -0.4 is 5.32 Å². The zero-order valence-electron chi connectivity index (χ0n) is 14.2. The lowest BCUT2D eigenvalue weighted by atomic mass is 10.1. The quantitative estimate of drug-likeness (QED) is 0.360. The van der Waals surface area contributed by atoms with Crippen LogP contribution in [-0.4, -0.2) is 19.5 Å². The molecule has 2 aromatic carbocycles. The minimum Gasteiger partial charge on any atom is -0.383 e. The third-order valence-electron chi connectivity index (χ3n) is 4.10. The average molecular weight is 322 g/mol. The number of nitrogens with one attached hydrogen (secondary N) is 1. The Bertz CT molecular complexity index is 691. The van der Waals surface area contributed by atoms with E-state index in [2.05, 4.69) is 59.5 Å². The molecule has 0 saturated heterocycles. The van der Waals surface area contributed by atoms with Gasteiger partial charge in [-0.05, 0) is 42.0 Å². The smallest absolute Gasteiger partial charge is 0.119 e. The molecule has 2 aromatic rings. The fourth-order valence-electron chi connectivity index (χ4n) is 2.78. The van der Waals surface area contributed by atoms with Crippen LogP contribution in [-0.2, 0) is 4.79 Å². The van der Waals surface area contributed by atoms with E-state index in [4.69, 9.17) is 0 Å². The van der Waals surface area contributed by atoms with E-state index in [9.17, 15) is 4.79 Å². The second-order valence-corrected chi connectivity index (χ2v) is 5.94. The summed E-state index contributed by atoms with van der Waals surface area (Å²) in [6, 6.07) is 14.8. The van der Waals surface area contributed by atoms with E-state index < -0.39 is 0 Å². The number of benzene rings is 2. The van der Waals surface area contributed by atoms with Crippen LogP contribution in [0.5, 0.6) is 0 Å². The number of unbranched alkanes of at least 4 members (excludes halogenated alkanes) is 5. The fourth-order valence-corrected chi connectivity index (χ4v) is 2.78. The van der Waals surface area contributed by atoms with Gasteiger partial charge in [0.25, 0.3) is 0 Å². The van der Waals surface area contributed by atoms with Gasteiger partial charge in [0.2, 0.25) is 0 Å². The predicted molar refractivity (Wildman–Crippen MR) is 103 cm³/mol. The van der Waals surface area contributed by atoms with Crippen LogP contribution in [0, 0.1) is 0 Å². The summed E-state index contributed by atoms with van der Waals surface area (Å²) >= 11 is 0. The first-order chi connectivity index (χ1) is 11.8. The van der Waals surface area contributed by atoms with Crippen molar-refractivity contribution in [3.63, 3.8) is 0 Å². The lowest BCUT2D eigenvalue weighted by Gasteiger charge is -2.11. The summed E-state index contributed by atoms with van der Waals surface area (Å²) in [5, 5.41) is 5.94. The maximum Gasteiger partial charge on any atom is 0.119 e. The first kappa shape index (κ1) is 17.9. The SMILES string of the molecule is C=N/C=C(\NCCCCCCCC=O)c1ccc2ccccc2c1. The van der Waals surface area contributed by atoms with Gasteiger partial charge in [-0.15, -0.1) is 0 Å². The number of hydrogen-bond acceptors (Lipinski definition) is 3. The van der Waals surface area contributed by atoms with Gasteiger partial charge in [-0.3, -0.25) is 4.99 Å². The number of fused-ring (bicyclic) bond motifs is 1. The second-order valence-electron chi connectivity index (χ2n) is 5.94. The number of carbonyl (C=O) groups excluding carboxylic acids is 1. The van der Waals surface area contributed by atoms with E-state index in [1.807, 2.05) is 0 Å². The van der Waals surface area contributed by atoms with Crippen molar-refractivity contribution in [1.82, 2.24) is 5.32 Å². The van der Waals surface area contributed by atoms with Crippen molar-refractivity contribution in [1.29, 1.82) is 0 Å². The molecule has 0 aliphatic carbocycles. The van der Waals surface area contributed by atoms with Gasteiger partial charge >= 0.3 is 0 Å². The minimum absolute atomic E-state index is 0.693.